The van der Waals surface area contributed by atoms with Gasteiger partial charge in [0.25, 0.3) is 0 Å². The Labute approximate surface area is 220 Å². The number of benzene rings is 2. The third-order valence-electron chi connectivity index (χ3n) is 8.10. The van der Waals surface area contributed by atoms with Crippen LogP contribution in [-0.4, -0.2) is 64.0 Å². The predicted molar refractivity (Wildman–Crippen MR) is 143 cm³/mol. The number of aromatic amines is 1. The molecule has 1 amide bonds. The average molecular weight is 522 g/mol. The molecule has 2 aliphatic rings. The summed E-state index contributed by atoms with van der Waals surface area (Å²) < 4.78 is 26.7. The Morgan fingerprint density at radius 3 is 2.37 bits per heavy atom. The van der Waals surface area contributed by atoms with Gasteiger partial charge in [-0.25, -0.2) is 8.78 Å². The maximum absolute atomic E-state index is 13.4. The van der Waals surface area contributed by atoms with Crippen LogP contribution in [0, 0.1) is 17.6 Å². The maximum atomic E-state index is 13.4. The standard InChI is InChI=1S/C30H33F2N3O3/c31-23-15-21(16-24(32)18-23)5-6-29(36)35-11-7-20(8-12-35)17-28(30(37)38)34-13-9-22(10-14-34)26-19-33-27-4-2-1-3-25(26)27/h1-6,15-16,18-20,22,28,33H,7-14,17H2,(H,37,38)/b6-5+. The molecule has 2 fully saturated rings. The van der Waals surface area contributed by atoms with Crippen molar-refractivity contribution in [2.45, 2.75) is 44.1 Å². The Balaban J connectivity index is 1.12. The summed E-state index contributed by atoms with van der Waals surface area (Å²) in [6, 6.07) is 10.9. The average Bonchev–Trinajstić information content (AvgIpc) is 3.34. The zero-order valence-electron chi connectivity index (χ0n) is 21.3. The largest absolute Gasteiger partial charge is 0.480 e. The van der Waals surface area contributed by atoms with Crippen molar-refractivity contribution < 1.29 is 23.5 Å². The van der Waals surface area contributed by atoms with E-state index < -0.39 is 23.6 Å². The molecule has 0 saturated carbocycles. The molecule has 8 heteroatoms. The zero-order chi connectivity index (χ0) is 26.6. The number of nitrogens with one attached hydrogen (secondary N) is 1. The summed E-state index contributed by atoms with van der Waals surface area (Å²) in [5.41, 5.74) is 2.75. The van der Waals surface area contributed by atoms with E-state index in [1.165, 1.54) is 35.2 Å². The first-order chi connectivity index (χ1) is 18.4. The van der Waals surface area contributed by atoms with Crippen LogP contribution in [0.15, 0.2) is 54.7 Å². The first kappa shape index (κ1) is 26.1. The van der Waals surface area contributed by atoms with Crippen LogP contribution < -0.4 is 0 Å². The number of carbonyl (C=O) groups excluding carboxylic acids is 1. The quantitative estimate of drug-likeness (QED) is 0.407. The minimum absolute atomic E-state index is 0.206. The highest BCUT2D eigenvalue weighted by Crippen LogP contribution is 2.35. The number of carbonyl (C=O) groups is 2. The van der Waals surface area contributed by atoms with Crippen LogP contribution in [0.3, 0.4) is 0 Å². The molecule has 0 aliphatic carbocycles. The second kappa shape index (κ2) is 11.5. The molecule has 6 nitrogen and oxygen atoms in total. The van der Waals surface area contributed by atoms with Gasteiger partial charge in [0, 0.05) is 42.3 Å². The van der Waals surface area contributed by atoms with Gasteiger partial charge in [-0.3, -0.25) is 14.5 Å². The van der Waals surface area contributed by atoms with E-state index in [1.807, 2.05) is 6.07 Å². The maximum Gasteiger partial charge on any atom is 0.320 e. The van der Waals surface area contributed by atoms with E-state index in [4.69, 9.17) is 0 Å². The number of para-hydroxylation sites is 1. The van der Waals surface area contributed by atoms with Gasteiger partial charge in [0.1, 0.15) is 17.7 Å². The Bertz CT molecular complexity index is 1300. The van der Waals surface area contributed by atoms with Crippen LogP contribution in [0.2, 0.25) is 0 Å². The lowest BCUT2D eigenvalue weighted by atomic mass is 9.86. The monoisotopic (exact) mass is 521 g/mol. The number of H-pyrrole nitrogens is 1. The predicted octanol–water partition coefficient (Wildman–Crippen LogP) is 5.42. The molecule has 200 valence electrons. The molecule has 2 aromatic carbocycles. The van der Waals surface area contributed by atoms with Crippen LogP contribution in [0.1, 0.15) is 49.1 Å². The number of hydrogen-bond acceptors (Lipinski definition) is 3. The number of hydrogen-bond donors (Lipinski definition) is 2. The molecule has 2 aliphatic heterocycles. The molecule has 3 heterocycles. The van der Waals surface area contributed by atoms with E-state index in [-0.39, 0.29) is 11.8 Å². The van der Waals surface area contributed by atoms with Gasteiger partial charge in [-0.1, -0.05) is 18.2 Å². The first-order valence-electron chi connectivity index (χ1n) is 13.3. The van der Waals surface area contributed by atoms with E-state index in [9.17, 15) is 23.5 Å². The lowest BCUT2D eigenvalue weighted by Crippen LogP contribution is -2.47. The molecule has 1 atom stereocenters. The summed E-state index contributed by atoms with van der Waals surface area (Å²) >= 11 is 0. The van der Waals surface area contributed by atoms with Crippen molar-refractivity contribution in [3.8, 4) is 0 Å². The number of halogens is 2. The summed E-state index contributed by atoms with van der Waals surface area (Å²) in [5.74, 6) is -1.71. The highest BCUT2D eigenvalue weighted by atomic mass is 19.1. The van der Waals surface area contributed by atoms with Gasteiger partial charge < -0.3 is 15.0 Å². The van der Waals surface area contributed by atoms with Crippen LogP contribution in [0.5, 0.6) is 0 Å². The van der Waals surface area contributed by atoms with Crippen LogP contribution in [-0.2, 0) is 9.59 Å². The van der Waals surface area contributed by atoms with Crippen molar-refractivity contribution in [3.63, 3.8) is 0 Å². The number of rotatable bonds is 7. The molecule has 0 spiro atoms. The van der Waals surface area contributed by atoms with E-state index in [1.54, 1.807) is 4.90 Å². The number of carboxylic acids is 1. The van der Waals surface area contributed by atoms with E-state index >= 15 is 0 Å². The zero-order valence-corrected chi connectivity index (χ0v) is 21.3. The number of piperidine rings is 2. The summed E-state index contributed by atoms with van der Waals surface area (Å²) in [7, 11) is 0. The van der Waals surface area contributed by atoms with Crippen LogP contribution in [0.4, 0.5) is 8.78 Å². The molecule has 0 radical (unpaired) electrons. The molecule has 38 heavy (non-hydrogen) atoms. The Hall–Kier alpha value is -3.52. The minimum atomic E-state index is -0.778. The highest BCUT2D eigenvalue weighted by molar-refractivity contribution is 5.91. The molecule has 2 N–H and O–H groups in total. The van der Waals surface area contributed by atoms with Gasteiger partial charge in [-0.2, -0.15) is 0 Å². The lowest BCUT2D eigenvalue weighted by molar-refractivity contribution is -0.145. The van der Waals surface area contributed by atoms with E-state index in [0.29, 0.717) is 31.0 Å². The molecule has 0 bridgehead atoms. The van der Waals surface area contributed by atoms with E-state index in [2.05, 4.69) is 34.3 Å². The Morgan fingerprint density at radius 1 is 1.00 bits per heavy atom. The number of likely N-dealkylation sites (tertiary alicyclic amines) is 2. The van der Waals surface area contributed by atoms with Crippen LogP contribution >= 0.6 is 0 Å². The van der Waals surface area contributed by atoms with Crippen molar-refractivity contribution in [1.29, 1.82) is 0 Å². The van der Waals surface area contributed by atoms with Gasteiger partial charge in [-0.15, -0.1) is 0 Å². The lowest BCUT2D eigenvalue weighted by Gasteiger charge is -2.38. The molecule has 5 rings (SSSR count). The third-order valence-corrected chi connectivity index (χ3v) is 8.10. The van der Waals surface area contributed by atoms with E-state index in [0.717, 1.165) is 50.4 Å². The van der Waals surface area contributed by atoms with Gasteiger partial charge >= 0.3 is 5.97 Å². The second-order valence-corrected chi connectivity index (χ2v) is 10.5. The normalized spacial score (nSPS) is 18.8. The smallest absolute Gasteiger partial charge is 0.320 e. The summed E-state index contributed by atoms with van der Waals surface area (Å²) in [6.45, 7) is 2.59. The van der Waals surface area contributed by atoms with Crippen molar-refractivity contribution in [2.75, 3.05) is 26.2 Å². The fourth-order valence-corrected chi connectivity index (χ4v) is 6.01. The molecule has 2 saturated heterocycles. The Morgan fingerprint density at radius 2 is 1.68 bits per heavy atom. The number of nitrogens with zero attached hydrogens (tertiary/aromatic N) is 2. The number of amides is 1. The summed E-state index contributed by atoms with van der Waals surface area (Å²) in [4.78, 5) is 32.0. The third kappa shape index (κ3) is 5.96. The number of aliphatic carboxylic acids is 1. The van der Waals surface area contributed by atoms with Gasteiger partial charge in [0.15, 0.2) is 0 Å². The summed E-state index contributed by atoms with van der Waals surface area (Å²) in [5, 5.41) is 11.3. The molecule has 1 aromatic heterocycles. The van der Waals surface area contributed by atoms with Gasteiger partial charge in [0.2, 0.25) is 5.91 Å². The van der Waals surface area contributed by atoms with Crippen LogP contribution in [0.25, 0.3) is 17.0 Å². The number of carboxylic acid groups (broad SMARTS) is 1. The number of fused-ring (bicyclic) bond motifs is 1. The molecular formula is C30H33F2N3O3. The van der Waals surface area contributed by atoms with Gasteiger partial charge in [-0.05, 0) is 92.4 Å². The first-order valence-corrected chi connectivity index (χ1v) is 13.3. The van der Waals surface area contributed by atoms with Crippen molar-refractivity contribution in [2.24, 2.45) is 5.92 Å². The van der Waals surface area contributed by atoms with Crippen molar-refractivity contribution in [3.05, 3.63) is 77.5 Å². The Kier molecular flexibility index (Phi) is 7.88. The topological polar surface area (TPSA) is 76.6 Å². The minimum Gasteiger partial charge on any atom is -0.480 e. The SMILES string of the molecule is O=C(O)C(CC1CCN(C(=O)/C=C/c2cc(F)cc(F)c2)CC1)N1CCC(c2c[nH]c3ccccc23)CC1. The van der Waals surface area contributed by atoms with Crippen molar-refractivity contribution >= 4 is 28.9 Å². The van der Waals surface area contributed by atoms with Gasteiger partial charge in [0.05, 0.1) is 0 Å². The van der Waals surface area contributed by atoms with Crippen molar-refractivity contribution in [1.82, 2.24) is 14.8 Å². The molecule has 3 aromatic rings. The highest BCUT2D eigenvalue weighted by Gasteiger charge is 2.34. The second-order valence-electron chi connectivity index (χ2n) is 10.5. The number of aromatic nitrogens is 1. The fraction of sp³-hybridized carbons (Fsp3) is 0.400. The molecular weight excluding hydrogens is 488 g/mol. The summed E-state index contributed by atoms with van der Waals surface area (Å²) in [6.07, 6.45) is 8.77. The molecule has 1 unspecified atom stereocenters. The fourth-order valence-electron chi connectivity index (χ4n) is 6.01.